The number of hydrogen-bond acceptors (Lipinski definition) is 5. The standard InChI is InChI=1S/C12H15N3O2/c1-16-11-7-15(8-12(11)17-2)10-4-3-5-14-9(10)6-13/h3-5,11-12H,7-8H2,1-2H3. The van der Waals surface area contributed by atoms with Gasteiger partial charge in [-0.15, -0.1) is 0 Å². The maximum atomic E-state index is 9.02. The first-order valence-corrected chi connectivity index (χ1v) is 5.45. The quantitative estimate of drug-likeness (QED) is 0.773. The van der Waals surface area contributed by atoms with Crippen LogP contribution in [0.3, 0.4) is 0 Å². The lowest BCUT2D eigenvalue weighted by Crippen LogP contribution is -2.27. The number of methoxy groups -OCH3 is 2. The number of ether oxygens (including phenoxy) is 2. The van der Waals surface area contributed by atoms with Gasteiger partial charge in [0, 0.05) is 33.5 Å². The molecular weight excluding hydrogens is 218 g/mol. The monoisotopic (exact) mass is 233 g/mol. The molecule has 0 saturated carbocycles. The molecule has 0 aromatic carbocycles. The molecule has 1 aliphatic rings. The molecule has 2 unspecified atom stereocenters. The van der Waals surface area contributed by atoms with E-state index in [4.69, 9.17) is 14.7 Å². The first-order valence-electron chi connectivity index (χ1n) is 5.45. The maximum absolute atomic E-state index is 9.02. The second kappa shape index (κ2) is 5.13. The molecule has 2 atom stereocenters. The summed E-state index contributed by atoms with van der Waals surface area (Å²) in [5, 5.41) is 9.02. The van der Waals surface area contributed by atoms with Gasteiger partial charge in [-0.25, -0.2) is 4.98 Å². The minimum Gasteiger partial charge on any atom is -0.377 e. The van der Waals surface area contributed by atoms with Gasteiger partial charge in [0.2, 0.25) is 0 Å². The number of aromatic nitrogens is 1. The van der Waals surface area contributed by atoms with Crippen LogP contribution in [-0.2, 0) is 9.47 Å². The lowest BCUT2D eigenvalue weighted by molar-refractivity contribution is -0.00461. The Morgan fingerprint density at radius 3 is 2.53 bits per heavy atom. The van der Waals surface area contributed by atoms with Crippen LogP contribution in [0, 0.1) is 11.3 Å². The number of pyridine rings is 1. The molecule has 2 heterocycles. The zero-order valence-electron chi connectivity index (χ0n) is 9.96. The van der Waals surface area contributed by atoms with Crippen molar-refractivity contribution in [2.24, 2.45) is 0 Å². The normalized spacial score (nSPS) is 23.7. The summed E-state index contributed by atoms with van der Waals surface area (Å²) in [5.74, 6) is 0. The maximum Gasteiger partial charge on any atom is 0.163 e. The molecule has 5 nitrogen and oxygen atoms in total. The lowest BCUT2D eigenvalue weighted by Gasteiger charge is -2.18. The van der Waals surface area contributed by atoms with Gasteiger partial charge in [-0.1, -0.05) is 0 Å². The van der Waals surface area contributed by atoms with Crippen molar-refractivity contribution in [2.45, 2.75) is 12.2 Å². The molecule has 0 N–H and O–H groups in total. The van der Waals surface area contributed by atoms with Gasteiger partial charge in [0.1, 0.15) is 18.3 Å². The largest absolute Gasteiger partial charge is 0.377 e. The second-order valence-electron chi connectivity index (χ2n) is 3.94. The van der Waals surface area contributed by atoms with Gasteiger partial charge in [-0.05, 0) is 12.1 Å². The molecule has 0 amide bonds. The van der Waals surface area contributed by atoms with Gasteiger partial charge < -0.3 is 14.4 Å². The molecule has 1 aliphatic heterocycles. The molecule has 1 aromatic heterocycles. The van der Waals surface area contributed by atoms with Crippen molar-refractivity contribution in [1.82, 2.24) is 4.98 Å². The summed E-state index contributed by atoms with van der Waals surface area (Å²) in [6, 6.07) is 5.83. The molecule has 0 bridgehead atoms. The highest BCUT2D eigenvalue weighted by atomic mass is 16.5. The van der Waals surface area contributed by atoms with Crippen molar-refractivity contribution in [3.05, 3.63) is 24.0 Å². The van der Waals surface area contributed by atoms with Crippen LogP contribution in [0.4, 0.5) is 5.69 Å². The van der Waals surface area contributed by atoms with E-state index < -0.39 is 0 Å². The van der Waals surface area contributed by atoms with E-state index in [0.717, 1.165) is 18.8 Å². The van der Waals surface area contributed by atoms with E-state index in [9.17, 15) is 0 Å². The molecular formula is C12H15N3O2. The average molecular weight is 233 g/mol. The number of rotatable bonds is 3. The van der Waals surface area contributed by atoms with Gasteiger partial charge in [0.25, 0.3) is 0 Å². The molecule has 1 saturated heterocycles. The van der Waals surface area contributed by atoms with Gasteiger partial charge in [0.15, 0.2) is 5.69 Å². The Balaban J connectivity index is 2.22. The van der Waals surface area contributed by atoms with Gasteiger partial charge >= 0.3 is 0 Å². The van der Waals surface area contributed by atoms with Crippen molar-refractivity contribution in [2.75, 3.05) is 32.2 Å². The lowest BCUT2D eigenvalue weighted by atomic mass is 10.3. The van der Waals surface area contributed by atoms with Crippen LogP contribution < -0.4 is 4.90 Å². The van der Waals surface area contributed by atoms with Crippen LogP contribution in [0.5, 0.6) is 0 Å². The third kappa shape index (κ3) is 2.23. The van der Waals surface area contributed by atoms with E-state index in [-0.39, 0.29) is 12.2 Å². The fourth-order valence-corrected chi connectivity index (χ4v) is 2.13. The first kappa shape index (κ1) is 11.8. The van der Waals surface area contributed by atoms with Crippen LogP contribution in [0.25, 0.3) is 0 Å². The summed E-state index contributed by atoms with van der Waals surface area (Å²) in [6.07, 6.45) is 1.69. The predicted molar refractivity (Wildman–Crippen MR) is 62.8 cm³/mol. The first-order chi connectivity index (χ1) is 8.30. The highest BCUT2D eigenvalue weighted by molar-refractivity contribution is 5.56. The topological polar surface area (TPSA) is 58.4 Å². The Bertz CT molecular complexity index is 418. The summed E-state index contributed by atoms with van der Waals surface area (Å²) < 4.78 is 10.7. The van der Waals surface area contributed by atoms with E-state index in [2.05, 4.69) is 16.0 Å². The molecule has 17 heavy (non-hydrogen) atoms. The third-order valence-electron chi connectivity index (χ3n) is 3.05. The minimum atomic E-state index is 0.0340. The second-order valence-corrected chi connectivity index (χ2v) is 3.94. The van der Waals surface area contributed by atoms with E-state index in [1.807, 2.05) is 12.1 Å². The number of anilines is 1. The Kier molecular flexibility index (Phi) is 3.57. The molecule has 1 aromatic rings. The van der Waals surface area contributed by atoms with E-state index in [1.165, 1.54) is 0 Å². The number of nitriles is 1. The van der Waals surface area contributed by atoms with E-state index >= 15 is 0 Å². The Morgan fingerprint density at radius 1 is 1.35 bits per heavy atom. The summed E-state index contributed by atoms with van der Waals surface area (Å²) >= 11 is 0. The molecule has 0 spiro atoms. The van der Waals surface area contributed by atoms with Crippen LogP contribution >= 0.6 is 0 Å². The zero-order valence-corrected chi connectivity index (χ0v) is 9.96. The zero-order chi connectivity index (χ0) is 12.3. The summed E-state index contributed by atoms with van der Waals surface area (Å²) in [7, 11) is 3.35. The van der Waals surface area contributed by atoms with Crippen LogP contribution in [0.1, 0.15) is 5.69 Å². The molecule has 5 heteroatoms. The van der Waals surface area contributed by atoms with Crippen LogP contribution in [-0.4, -0.2) is 44.5 Å². The molecule has 90 valence electrons. The molecule has 0 radical (unpaired) electrons. The van der Waals surface area contributed by atoms with Crippen molar-refractivity contribution >= 4 is 5.69 Å². The van der Waals surface area contributed by atoms with Crippen molar-refractivity contribution < 1.29 is 9.47 Å². The molecule has 1 fully saturated rings. The van der Waals surface area contributed by atoms with Crippen LogP contribution in [0.2, 0.25) is 0 Å². The SMILES string of the molecule is COC1CN(c2cccnc2C#N)CC1OC. The summed E-state index contributed by atoms with van der Waals surface area (Å²) in [4.78, 5) is 6.14. The van der Waals surface area contributed by atoms with Gasteiger partial charge in [0.05, 0.1) is 5.69 Å². The van der Waals surface area contributed by atoms with Crippen molar-refractivity contribution in [1.29, 1.82) is 5.26 Å². The Hall–Kier alpha value is -1.64. The van der Waals surface area contributed by atoms with Crippen molar-refractivity contribution in [3.63, 3.8) is 0 Å². The Labute approximate surface area is 101 Å². The fraction of sp³-hybridized carbons (Fsp3) is 0.500. The number of nitrogens with zero attached hydrogens (tertiary/aromatic N) is 3. The van der Waals surface area contributed by atoms with Crippen LogP contribution in [0.15, 0.2) is 18.3 Å². The van der Waals surface area contributed by atoms with E-state index in [1.54, 1.807) is 20.4 Å². The minimum absolute atomic E-state index is 0.0340. The smallest absolute Gasteiger partial charge is 0.163 e. The third-order valence-corrected chi connectivity index (χ3v) is 3.05. The Morgan fingerprint density at radius 2 is 2.00 bits per heavy atom. The fourth-order valence-electron chi connectivity index (χ4n) is 2.13. The molecule has 0 aliphatic carbocycles. The van der Waals surface area contributed by atoms with Gasteiger partial charge in [-0.2, -0.15) is 5.26 Å². The molecule has 2 rings (SSSR count). The summed E-state index contributed by atoms with van der Waals surface area (Å²) in [5.41, 5.74) is 1.29. The van der Waals surface area contributed by atoms with E-state index in [0.29, 0.717) is 5.69 Å². The van der Waals surface area contributed by atoms with Gasteiger partial charge in [-0.3, -0.25) is 0 Å². The van der Waals surface area contributed by atoms with Crippen molar-refractivity contribution in [3.8, 4) is 6.07 Å². The summed E-state index contributed by atoms with van der Waals surface area (Å²) in [6.45, 7) is 1.44. The highest BCUT2D eigenvalue weighted by Gasteiger charge is 2.34. The predicted octanol–water partition coefficient (Wildman–Crippen LogP) is 0.803. The average Bonchev–Trinajstić information content (AvgIpc) is 2.81. The number of hydrogen-bond donors (Lipinski definition) is 0. The highest BCUT2D eigenvalue weighted by Crippen LogP contribution is 2.25.